The highest BCUT2D eigenvalue weighted by Gasteiger charge is 2.43. The van der Waals surface area contributed by atoms with E-state index in [1.165, 1.54) is 12.3 Å². The topological polar surface area (TPSA) is 69.2 Å². The molecule has 3 aromatic rings. The molecule has 1 spiro atoms. The minimum absolute atomic E-state index is 0.0806. The number of aromatic nitrogens is 2. The third kappa shape index (κ3) is 3.47. The van der Waals surface area contributed by atoms with E-state index in [-0.39, 0.29) is 17.0 Å². The Morgan fingerprint density at radius 3 is 2.88 bits per heavy atom. The fourth-order valence-corrected chi connectivity index (χ4v) is 5.66. The molecular weight excluding hydrogens is 459 g/mol. The summed E-state index contributed by atoms with van der Waals surface area (Å²) in [6, 6.07) is 4.81. The SMILES string of the molecule is O=C(CO)N1CCC2(CCc3[nH]c4c(Cl)c(Cl)cc(-c5ccnc(C(F)F)c5)c4c3C2)C1. The van der Waals surface area contributed by atoms with Gasteiger partial charge in [0.2, 0.25) is 5.91 Å². The molecule has 1 saturated heterocycles. The zero-order valence-corrected chi connectivity index (χ0v) is 18.6. The number of hydrogen-bond donors (Lipinski definition) is 2. The smallest absolute Gasteiger partial charge is 0.280 e. The number of fused-ring (bicyclic) bond motifs is 3. The molecule has 0 saturated carbocycles. The average Bonchev–Trinajstić information content (AvgIpc) is 3.38. The number of aliphatic hydroxyl groups excluding tert-OH is 1. The lowest BCUT2D eigenvalue weighted by molar-refractivity contribution is -0.133. The van der Waals surface area contributed by atoms with Gasteiger partial charge in [-0.2, -0.15) is 0 Å². The Kier molecular flexibility index (Phi) is 5.39. The maximum absolute atomic E-state index is 13.3. The Morgan fingerprint density at radius 1 is 1.31 bits per heavy atom. The normalized spacial score (nSPS) is 20.5. The summed E-state index contributed by atoms with van der Waals surface area (Å²) in [7, 11) is 0. The number of nitrogens with one attached hydrogen (secondary N) is 1. The lowest BCUT2D eigenvalue weighted by Crippen LogP contribution is -2.36. The van der Waals surface area contributed by atoms with Gasteiger partial charge in [-0.3, -0.25) is 9.78 Å². The van der Waals surface area contributed by atoms with Crippen molar-refractivity contribution in [1.29, 1.82) is 0 Å². The van der Waals surface area contributed by atoms with Crippen LogP contribution >= 0.6 is 23.2 Å². The van der Waals surface area contributed by atoms with E-state index in [1.54, 1.807) is 17.0 Å². The first-order valence-electron chi connectivity index (χ1n) is 10.5. The van der Waals surface area contributed by atoms with Gasteiger partial charge in [0.05, 0.1) is 15.6 Å². The first-order valence-corrected chi connectivity index (χ1v) is 11.2. The summed E-state index contributed by atoms with van der Waals surface area (Å²) >= 11 is 13.0. The summed E-state index contributed by atoms with van der Waals surface area (Å²) in [4.78, 5) is 21.0. The van der Waals surface area contributed by atoms with Crippen molar-refractivity contribution in [3.8, 4) is 11.1 Å². The summed E-state index contributed by atoms with van der Waals surface area (Å²) in [5.74, 6) is -0.251. The number of hydrogen-bond acceptors (Lipinski definition) is 3. The fraction of sp³-hybridized carbons (Fsp3) is 0.391. The van der Waals surface area contributed by atoms with Gasteiger partial charge in [0.1, 0.15) is 12.3 Å². The largest absolute Gasteiger partial charge is 0.387 e. The van der Waals surface area contributed by atoms with Crippen LogP contribution in [-0.4, -0.2) is 45.6 Å². The molecule has 1 unspecified atom stereocenters. The van der Waals surface area contributed by atoms with Gasteiger partial charge in [0, 0.05) is 30.4 Å². The van der Waals surface area contributed by atoms with E-state index in [2.05, 4.69) is 9.97 Å². The van der Waals surface area contributed by atoms with Crippen LogP contribution in [0.15, 0.2) is 24.4 Å². The van der Waals surface area contributed by atoms with Crippen LogP contribution in [0.3, 0.4) is 0 Å². The second kappa shape index (κ2) is 7.97. The monoisotopic (exact) mass is 479 g/mol. The number of rotatable bonds is 3. The van der Waals surface area contributed by atoms with Crippen LogP contribution in [-0.2, 0) is 17.6 Å². The Bertz CT molecular complexity index is 1230. The highest BCUT2D eigenvalue weighted by molar-refractivity contribution is 6.45. The maximum Gasteiger partial charge on any atom is 0.280 e. The molecule has 5 nitrogen and oxygen atoms in total. The highest BCUT2D eigenvalue weighted by Crippen LogP contribution is 2.48. The van der Waals surface area contributed by atoms with Gasteiger partial charge in [0.25, 0.3) is 6.43 Å². The minimum atomic E-state index is -2.68. The van der Waals surface area contributed by atoms with Crippen molar-refractivity contribution in [2.45, 2.75) is 32.1 Å². The number of aryl methyl sites for hydroxylation is 1. The van der Waals surface area contributed by atoms with E-state index >= 15 is 0 Å². The minimum Gasteiger partial charge on any atom is -0.387 e. The van der Waals surface area contributed by atoms with Gasteiger partial charge in [-0.25, -0.2) is 8.78 Å². The standard InChI is InChI=1S/C23H21Cl2F2N3O2/c24-15-8-13(12-2-5-28-17(7-12)22(26)27)19-14-9-23(4-6-30(11-23)18(32)10-31)3-1-16(14)29-21(19)20(15)25/h2,5,7-8,22,29,31H,1,3-4,6,9-11H2. The number of halogens is 4. The maximum atomic E-state index is 13.3. The van der Waals surface area contributed by atoms with Gasteiger partial charge in [0.15, 0.2) is 0 Å². The third-order valence-corrected chi connectivity index (χ3v) is 7.65. The van der Waals surface area contributed by atoms with Crippen molar-refractivity contribution >= 4 is 40.0 Å². The van der Waals surface area contributed by atoms with Gasteiger partial charge >= 0.3 is 0 Å². The zero-order valence-electron chi connectivity index (χ0n) is 17.1. The van der Waals surface area contributed by atoms with Crippen LogP contribution in [0.25, 0.3) is 22.0 Å². The predicted molar refractivity (Wildman–Crippen MR) is 119 cm³/mol. The number of amides is 1. The molecule has 1 aliphatic carbocycles. The van der Waals surface area contributed by atoms with Gasteiger partial charge in [-0.05, 0) is 66.0 Å². The molecular formula is C23H21Cl2F2N3O2. The lowest BCUT2D eigenvalue weighted by Gasteiger charge is -2.33. The molecule has 32 heavy (non-hydrogen) atoms. The number of alkyl halides is 2. The van der Waals surface area contributed by atoms with E-state index < -0.39 is 13.0 Å². The van der Waals surface area contributed by atoms with E-state index in [0.29, 0.717) is 34.2 Å². The zero-order chi connectivity index (χ0) is 22.6. The van der Waals surface area contributed by atoms with Crippen molar-refractivity contribution in [3.05, 3.63) is 51.4 Å². The number of carbonyl (C=O) groups is 1. The van der Waals surface area contributed by atoms with Crippen molar-refractivity contribution in [2.24, 2.45) is 5.41 Å². The van der Waals surface area contributed by atoms with Crippen LogP contribution in [0.2, 0.25) is 10.0 Å². The van der Waals surface area contributed by atoms with Crippen molar-refractivity contribution in [2.75, 3.05) is 19.7 Å². The van der Waals surface area contributed by atoms with Crippen molar-refractivity contribution in [3.63, 3.8) is 0 Å². The molecule has 2 aliphatic rings. The molecule has 1 aliphatic heterocycles. The molecule has 1 atom stereocenters. The Balaban J connectivity index is 1.64. The molecule has 2 aromatic heterocycles. The molecule has 168 valence electrons. The molecule has 2 N–H and O–H groups in total. The van der Waals surface area contributed by atoms with Gasteiger partial charge in [-0.1, -0.05) is 23.2 Å². The quantitative estimate of drug-likeness (QED) is 0.543. The van der Waals surface area contributed by atoms with Crippen LogP contribution in [0.4, 0.5) is 8.78 Å². The summed E-state index contributed by atoms with van der Waals surface area (Å²) in [5.41, 5.74) is 3.81. The summed E-state index contributed by atoms with van der Waals surface area (Å²) < 4.78 is 26.6. The molecule has 0 bridgehead atoms. The average molecular weight is 480 g/mol. The molecule has 1 aromatic carbocycles. The molecule has 1 amide bonds. The Labute approximate surface area is 193 Å². The summed E-state index contributed by atoms with van der Waals surface area (Å²) in [5, 5.41) is 10.9. The number of nitrogens with zero attached hydrogens (tertiary/aromatic N) is 2. The predicted octanol–water partition coefficient (Wildman–Crippen LogP) is 5.17. The number of benzene rings is 1. The van der Waals surface area contributed by atoms with Crippen molar-refractivity contribution < 1.29 is 18.7 Å². The molecule has 1 fully saturated rings. The first-order chi connectivity index (χ1) is 15.3. The van der Waals surface area contributed by atoms with E-state index in [1.807, 2.05) is 0 Å². The van der Waals surface area contributed by atoms with E-state index in [9.17, 15) is 18.7 Å². The highest BCUT2D eigenvalue weighted by atomic mass is 35.5. The number of pyridine rings is 1. The first kappa shape index (κ1) is 21.6. The third-order valence-electron chi connectivity index (χ3n) is 6.86. The van der Waals surface area contributed by atoms with Gasteiger partial charge in [-0.15, -0.1) is 0 Å². The number of carbonyl (C=O) groups excluding carboxylic acids is 1. The van der Waals surface area contributed by atoms with Crippen LogP contribution in [0.1, 0.15) is 36.2 Å². The van der Waals surface area contributed by atoms with Crippen LogP contribution in [0, 0.1) is 5.41 Å². The van der Waals surface area contributed by atoms with Crippen molar-refractivity contribution in [1.82, 2.24) is 14.9 Å². The molecule has 3 heterocycles. The number of aromatic amines is 1. The van der Waals surface area contributed by atoms with E-state index in [0.717, 1.165) is 47.9 Å². The second-order valence-electron chi connectivity index (χ2n) is 8.72. The van der Waals surface area contributed by atoms with Crippen LogP contribution < -0.4 is 0 Å². The Morgan fingerprint density at radius 2 is 2.12 bits per heavy atom. The Hall–Kier alpha value is -2.22. The lowest BCUT2D eigenvalue weighted by atomic mass is 9.72. The number of H-pyrrole nitrogens is 1. The van der Waals surface area contributed by atoms with Crippen LogP contribution in [0.5, 0.6) is 0 Å². The summed E-state index contributed by atoms with van der Waals surface area (Å²) in [6.45, 7) is 0.736. The number of aliphatic hydroxyl groups is 1. The summed E-state index contributed by atoms with van der Waals surface area (Å²) in [6.07, 6.45) is 1.98. The number of likely N-dealkylation sites (tertiary alicyclic amines) is 1. The van der Waals surface area contributed by atoms with E-state index in [4.69, 9.17) is 23.2 Å². The molecule has 9 heteroatoms. The second-order valence-corrected chi connectivity index (χ2v) is 9.51. The molecule has 0 radical (unpaired) electrons. The molecule has 5 rings (SSSR count). The van der Waals surface area contributed by atoms with Gasteiger partial charge < -0.3 is 15.0 Å². The fourth-order valence-electron chi connectivity index (χ4n) is 5.26.